The number of benzene rings is 1. The molecule has 0 aliphatic carbocycles. The molecule has 0 saturated carbocycles. The first kappa shape index (κ1) is 17.7. The maximum Gasteiger partial charge on any atom is 0.251 e. The number of amides is 1. The lowest BCUT2D eigenvalue weighted by atomic mass is 9.83. The zero-order chi connectivity index (χ0) is 15.7. The number of rotatable bonds is 9. The fourth-order valence-electron chi connectivity index (χ4n) is 2.35. The summed E-state index contributed by atoms with van der Waals surface area (Å²) in [5.41, 5.74) is 1.77. The van der Waals surface area contributed by atoms with Crippen LogP contribution in [0.15, 0.2) is 24.3 Å². The van der Waals surface area contributed by atoms with Crippen molar-refractivity contribution < 1.29 is 9.90 Å². The lowest BCUT2D eigenvalue weighted by Gasteiger charge is -2.29. The fourth-order valence-corrected chi connectivity index (χ4v) is 2.35. The second-order valence-electron chi connectivity index (χ2n) is 5.85. The average molecular weight is 291 g/mol. The molecule has 118 valence electrons. The molecule has 21 heavy (non-hydrogen) atoms. The van der Waals surface area contributed by atoms with Gasteiger partial charge in [0.25, 0.3) is 5.91 Å². The lowest BCUT2D eigenvalue weighted by Crippen LogP contribution is -2.39. The van der Waals surface area contributed by atoms with E-state index in [1.54, 1.807) is 0 Å². The monoisotopic (exact) mass is 291 g/mol. The molecule has 0 aromatic heterocycles. The van der Waals surface area contributed by atoms with Crippen molar-refractivity contribution in [3.05, 3.63) is 35.4 Å². The van der Waals surface area contributed by atoms with E-state index >= 15 is 0 Å². The Kier molecular flexibility index (Phi) is 7.44. The Hall–Kier alpha value is -1.35. The van der Waals surface area contributed by atoms with Gasteiger partial charge in [0, 0.05) is 17.5 Å². The van der Waals surface area contributed by atoms with E-state index < -0.39 is 0 Å². The van der Waals surface area contributed by atoms with Crippen molar-refractivity contribution >= 4 is 5.91 Å². The second-order valence-corrected chi connectivity index (χ2v) is 5.85. The van der Waals surface area contributed by atoms with Gasteiger partial charge >= 0.3 is 0 Å². The zero-order valence-electron chi connectivity index (χ0n) is 13.6. The van der Waals surface area contributed by atoms with Crippen LogP contribution in [0.3, 0.4) is 0 Å². The largest absolute Gasteiger partial charge is 0.396 e. The van der Waals surface area contributed by atoms with Crippen molar-refractivity contribution in [3.63, 3.8) is 0 Å². The molecule has 2 N–H and O–H groups in total. The smallest absolute Gasteiger partial charge is 0.251 e. The standard InChI is InChI=1S/C18H29NO2/c1-4-7-8-15-9-11-16(12-10-15)17(21)19-13-18(5-2,6-3)14-20/h9-12,20H,4-8,13-14H2,1-3H3,(H,19,21). The quantitative estimate of drug-likeness (QED) is 0.731. The van der Waals surface area contributed by atoms with Gasteiger partial charge in [-0.15, -0.1) is 0 Å². The summed E-state index contributed by atoms with van der Waals surface area (Å²) in [5, 5.41) is 12.5. The molecule has 0 atom stereocenters. The first-order valence-corrected chi connectivity index (χ1v) is 8.08. The highest BCUT2D eigenvalue weighted by molar-refractivity contribution is 5.94. The molecule has 1 amide bonds. The Bertz CT molecular complexity index is 413. The lowest BCUT2D eigenvalue weighted by molar-refractivity contribution is 0.0851. The number of hydrogen-bond donors (Lipinski definition) is 2. The van der Waals surface area contributed by atoms with Crippen LogP contribution in [-0.2, 0) is 6.42 Å². The van der Waals surface area contributed by atoms with Gasteiger partial charge in [0.15, 0.2) is 0 Å². The van der Waals surface area contributed by atoms with Crippen molar-refractivity contribution in [1.82, 2.24) is 5.32 Å². The molecule has 0 bridgehead atoms. The molecule has 1 rings (SSSR count). The van der Waals surface area contributed by atoms with Crippen LogP contribution in [-0.4, -0.2) is 24.2 Å². The molecule has 0 radical (unpaired) electrons. The normalized spacial score (nSPS) is 11.4. The van der Waals surface area contributed by atoms with E-state index in [1.165, 1.54) is 18.4 Å². The van der Waals surface area contributed by atoms with Crippen molar-refractivity contribution in [2.75, 3.05) is 13.2 Å². The fraction of sp³-hybridized carbons (Fsp3) is 0.611. The molecule has 1 aromatic carbocycles. The predicted octanol–water partition coefficient (Wildman–Crippen LogP) is 3.56. The number of hydrogen-bond acceptors (Lipinski definition) is 2. The van der Waals surface area contributed by atoms with Crippen LogP contribution < -0.4 is 5.32 Å². The third kappa shape index (κ3) is 5.16. The third-order valence-corrected chi connectivity index (χ3v) is 4.49. The van der Waals surface area contributed by atoms with E-state index in [0.29, 0.717) is 12.1 Å². The number of aryl methyl sites for hydroxylation is 1. The summed E-state index contributed by atoms with van der Waals surface area (Å²) in [5.74, 6) is -0.0585. The van der Waals surface area contributed by atoms with Crippen LogP contribution in [0.25, 0.3) is 0 Å². The van der Waals surface area contributed by atoms with Gasteiger partial charge in [0.05, 0.1) is 6.61 Å². The number of aliphatic hydroxyl groups is 1. The predicted molar refractivity (Wildman–Crippen MR) is 87.5 cm³/mol. The Balaban J connectivity index is 2.59. The van der Waals surface area contributed by atoms with Crippen LogP contribution in [0.4, 0.5) is 0 Å². The maximum atomic E-state index is 12.2. The highest BCUT2D eigenvalue weighted by atomic mass is 16.3. The molecule has 1 aromatic rings. The minimum Gasteiger partial charge on any atom is -0.396 e. The summed E-state index contributed by atoms with van der Waals surface area (Å²) in [6, 6.07) is 7.84. The summed E-state index contributed by atoms with van der Waals surface area (Å²) in [6.45, 7) is 6.91. The van der Waals surface area contributed by atoms with Crippen molar-refractivity contribution in [1.29, 1.82) is 0 Å². The molecular formula is C18H29NO2. The summed E-state index contributed by atoms with van der Waals surface area (Å²) >= 11 is 0. The number of aliphatic hydroxyl groups excluding tert-OH is 1. The van der Waals surface area contributed by atoms with Gasteiger partial charge in [-0.2, -0.15) is 0 Å². The molecule has 0 saturated heterocycles. The SMILES string of the molecule is CCCCc1ccc(C(=O)NCC(CC)(CC)CO)cc1. The number of carbonyl (C=O) groups excluding carboxylic acids is 1. The molecule has 0 fully saturated rings. The van der Waals surface area contributed by atoms with Crippen molar-refractivity contribution in [2.45, 2.75) is 52.9 Å². The van der Waals surface area contributed by atoms with Gasteiger partial charge in [0.2, 0.25) is 0 Å². The highest BCUT2D eigenvalue weighted by Crippen LogP contribution is 2.24. The molecule has 0 aliphatic heterocycles. The Morgan fingerprint density at radius 1 is 1.14 bits per heavy atom. The molecule has 3 heteroatoms. The van der Waals surface area contributed by atoms with Crippen LogP contribution >= 0.6 is 0 Å². The molecule has 0 aliphatic rings. The average Bonchev–Trinajstić information content (AvgIpc) is 2.55. The molecule has 0 unspecified atom stereocenters. The van der Waals surface area contributed by atoms with Gasteiger partial charge in [-0.25, -0.2) is 0 Å². The number of unbranched alkanes of at least 4 members (excludes halogenated alkanes) is 1. The van der Waals surface area contributed by atoms with Gasteiger partial charge < -0.3 is 10.4 Å². The highest BCUT2D eigenvalue weighted by Gasteiger charge is 2.25. The van der Waals surface area contributed by atoms with Gasteiger partial charge in [-0.1, -0.05) is 39.3 Å². The van der Waals surface area contributed by atoms with Crippen LogP contribution in [0, 0.1) is 5.41 Å². The molecule has 3 nitrogen and oxygen atoms in total. The van der Waals surface area contributed by atoms with Crippen LogP contribution in [0.5, 0.6) is 0 Å². The van der Waals surface area contributed by atoms with Crippen molar-refractivity contribution in [2.24, 2.45) is 5.41 Å². The maximum absolute atomic E-state index is 12.2. The van der Waals surface area contributed by atoms with E-state index in [0.717, 1.165) is 19.3 Å². The third-order valence-electron chi connectivity index (χ3n) is 4.49. The first-order valence-electron chi connectivity index (χ1n) is 8.08. The number of carbonyl (C=O) groups is 1. The summed E-state index contributed by atoms with van der Waals surface area (Å²) in [7, 11) is 0. The minimum absolute atomic E-state index is 0.0585. The molecule has 0 spiro atoms. The van der Waals surface area contributed by atoms with Gasteiger partial charge in [-0.3, -0.25) is 4.79 Å². The Labute approximate surface area is 128 Å². The van der Waals surface area contributed by atoms with E-state index in [4.69, 9.17) is 0 Å². The molecule has 0 heterocycles. The minimum atomic E-state index is -0.198. The van der Waals surface area contributed by atoms with E-state index in [-0.39, 0.29) is 17.9 Å². The first-order chi connectivity index (χ1) is 10.1. The summed E-state index contributed by atoms with van der Waals surface area (Å²) < 4.78 is 0. The van der Waals surface area contributed by atoms with E-state index in [9.17, 15) is 9.90 Å². The Morgan fingerprint density at radius 3 is 2.24 bits per heavy atom. The van der Waals surface area contributed by atoms with Crippen molar-refractivity contribution in [3.8, 4) is 0 Å². The zero-order valence-corrected chi connectivity index (χ0v) is 13.6. The van der Waals surface area contributed by atoms with Crippen LogP contribution in [0.1, 0.15) is 62.4 Å². The van der Waals surface area contributed by atoms with E-state index in [2.05, 4.69) is 26.1 Å². The second kappa shape index (κ2) is 8.83. The van der Waals surface area contributed by atoms with E-state index in [1.807, 2.05) is 24.3 Å². The van der Waals surface area contributed by atoms with Crippen LogP contribution in [0.2, 0.25) is 0 Å². The topological polar surface area (TPSA) is 49.3 Å². The van der Waals surface area contributed by atoms with Gasteiger partial charge in [-0.05, 0) is 43.4 Å². The molecular weight excluding hydrogens is 262 g/mol. The Morgan fingerprint density at radius 2 is 1.76 bits per heavy atom. The van der Waals surface area contributed by atoms with Gasteiger partial charge in [0.1, 0.15) is 0 Å². The number of nitrogens with one attached hydrogen (secondary N) is 1. The summed E-state index contributed by atoms with van der Waals surface area (Å²) in [6.07, 6.45) is 5.14. The summed E-state index contributed by atoms with van der Waals surface area (Å²) in [4.78, 5) is 12.2.